The van der Waals surface area contributed by atoms with Crippen LogP contribution in [0.5, 0.6) is 0 Å². The van der Waals surface area contributed by atoms with Crippen LogP contribution in [0, 0.1) is 12.7 Å². The first-order valence-electron chi connectivity index (χ1n) is 5.60. The lowest BCUT2D eigenvalue weighted by molar-refractivity contribution is 0.631. The molecule has 2 aromatic rings. The fourth-order valence-corrected chi connectivity index (χ4v) is 2.22. The molecule has 0 heterocycles. The summed E-state index contributed by atoms with van der Waals surface area (Å²) in [5.74, 6) is -0.343. The summed E-state index contributed by atoms with van der Waals surface area (Å²) in [4.78, 5) is 0.278. The monoisotopic (exact) mass is 338 g/mol. The van der Waals surface area contributed by atoms with Crippen LogP contribution < -0.4 is 11.1 Å². The van der Waals surface area contributed by atoms with E-state index in [1.807, 2.05) is 25.1 Å². The van der Waals surface area contributed by atoms with Gasteiger partial charge < -0.3 is 11.1 Å². The molecule has 2 rings (SSSR count). The van der Waals surface area contributed by atoms with Crippen LogP contribution in [-0.4, -0.2) is 4.99 Å². The Kier molecular flexibility index (Phi) is 4.17. The zero-order valence-corrected chi connectivity index (χ0v) is 12.6. The number of halogens is 2. The Labute approximate surface area is 124 Å². The molecule has 2 aromatic carbocycles. The van der Waals surface area contributed by atoms with E-state index in [4.69, 9.17) is 18.0 Å². The number of aryl methyl sites for hydroxylation is 1. The number of anilines is 2. The molecule has 0 saturated carbocycles. The van der Waals surface area contributed by atoms with Gasteiger partial charge in [0.15, 0.2) is 0 Å². The minimum atomic E-state index is -0.343. The summed E-state index contributed by atoms with van der Waals surface area (Å²) >= 11 is 8.22. The lowest BCUT2D eigenvalue weighted by atomic mass is 10.1. The van der Waals surface area contributed by atoms with Crippen LogP contribution in [-0.2, 0) is 0 Å². The van der Waals surface area contributed by atoms with Crippen molar-refractivity contribution in [3.8, 4) is 0 Å². The second kappa shape index (κ2) is 5.67. The van der Waals surface area contributed by atoms with Crippen molar-refractivity contribution in [3.63, 3.8) is 0 Å². The summed E-state index contributed by atoms with van der Waals surface area (Å²) in [5.41, 5.74) is 8.49. The van der Waals surface area contributed by atoms with Gasteiger partial charge in [0.1, 0.15) is 10.8 Å². The molecule has 0 radical (unpaired) electrons. The maximum absolute atomic E-state index is 13.8. The summed E-state index contributed by atoms with van der Waals surface area (Å²) in [6.07, 6.45) is 0. The molecular formula is C14H12BrFN2S. The summed E-state index contributed by atoms with van der Waals surface area (Å²) in [6.45, 7) is 1.95. The number of hydrogen-bond acceptors (Lipinski definition) is 2. The maximum Gasteiger partial charge on any atom is 0.147 e. The summed E-state index contributed by atoms with van der Waals surface area (Å²) < 4.78 is 14.5. The second-order valence-corrected chi connectivity index (χ2v) is 5.52. The van der Waals surface area contributed by atoms with Gasteiger partial charge in [-0.3, -0.25) is 0 Å². The molecule has 0 aromatic heterocycles. The minimum Gasteiger partial charge on any atom is -0.389 e. The Hall–Kier alpha value is -1.46. The highest BCUT2D eigenvalue weighted by Crippen LogP contribution is 2.26. The van der Waals surface area contributed by atoms with Crippen molar-refractivity contribution in [2.24, 2.45) is 5.73 Å². The van der Waals surface area contributed by atoms with Gasteiger partial charge in [-0.05, 0) is 42.8 Å². The molecule has 0 unspecified atom stereocenters. The Bertz CT molecular complexity index is 643. The van der Waals surface area contributed by atoms with Gasteiger partial charge in [0.05, 0.1) is 5.69 Å². The van der Waals surface area contributed by atoms with Gasteiger partial charge >= 0.3 is 0 Å². The predicted molar refractivity (Wildman–Crippen MR) is 84.4 cm³/mol. The molecule has 2 nitrogen and oxygen atoms in total. The van der Waals surface area contributed by atoms with E-state index in [0.717, 1.165) is 5.56 Å². The minimum absolute atomic E-state index is 0.278. The lowest BCUT2D eigenvalue weighted by Crippen LogP contribution is -2.12. The second-order valence-electron chi connectivity index (χ2n) is 4.16. The third kappa shape index (κ3) is 3.30. The predicted octanol–water partition coefficient (Wildman–Crippen LogP) is 4.27. The Morgan fingerprint density at radius 2 is 1.95 bits per heavy atom. The Morgan fingerprint density at radius 3 is 2.58 bits per heavy atom. The smallest absolute Gasteiger partial charge is 0.147 e. The first kappa shape index (κ1) is 14.0. The number of nitrogens with one attached hydrogen (secondary N) is 1. The Morgan fingerprint density at radius 1 is 1.21 bits per heavy atom. The highest BCUT2D eigenvalue weighted by molar-refractivity contribution is 9.10. The van der Waals surface area contributed by atoms with Crippen LogP contribution in [0.25, 0.3) is 0 Å². The van der Waals surface area contributed by atoms with Gasteiger partial charge in [-0.15, -0.1) is 0 Å². The number of nitrogens with two attached hydrogens (primary N) is 1. The normalized spacial score (nSPS) is 10.3. The van der Waals surface area contributed by atoms with Crippen molar-refractivity contribution in [1.82, 2.24) is 0 Å². The first-order valence-corrected chi connectivity index (χ1v) is 6.80. The van der Waals surface area contributed by atoms with Gasteiger partial charge in [0.25, 0.3) is 0 Å². The number of hydrogen-bond donors (Lipinski definition) is 2. The molecule has 5 heteroatoms. The molecule has 0 saturated heterocycles. The van der Waals surface area contributed by atoms with Crippen LogP contribution in [0.4, 0.5) is 15.8 Å². The van der Waals surface area contributed by atoms with Gasteiger partial charge in [0.2, 0.25) is 0 Å². The summed E-state index contributed by atoms with van der Waals surface area (Å²) in [7, 11) is 0. The first-order chi connectivity index (χ1) is 8.97. The van der Waals surface area contributed by atoms with Crippen molar-refractivity contribution in [3.05, 3.63) is 57.8 Å². The molecule has 0 aliphatic carbocycles. The van der Waals surface area contributed by atoms with Crippen LogP contribution >= 0.6 is 28.1 Å². The molecule has 3 N–H and O–H groups in total. The molecular weight excluding hydrogens is 327 g/mol. The topological polar surface area (TPSA) is 38.0 Å². The Balaban J connectivity index is 2.42. The average molecular weight is 339 g/mol. The molecule has 0 aliphatic heterocycles. The SMILES string of the molecule is Cc1ccc(C(N)=S)c(Nc2ccc(Br)cc2F)c1. The summed E-state index contributed by atoms with van der Waals surface area (Å²) in [5, 5.41) is 3.03. The third-order valence-corrected chi connectivity index (χ3v) is 3.35. The van der Waals surface area contributed by atoms with Gasteiger partial charge in [-0.1, -0.05) is 34.2 Å². The van der Waals surface area contributed by atoms with Crippen molar-refractivity contribution >= 4 is 44.5 Å². The van der Waals surface area contributed by atoms with Gasteiger partial charge in [-0.25, -0.2) is 4.39 Å². The van der Waals surface area contributed by atoms with Crippen LogP contribution in [0.3, 0.4) is 0 Å². The van der Waals surface area contributed by atoms with E-state index in [1.54, 1.807) is 12.1 Å². The number of rotatable bonds is 3. The zero-order chi connectivity index (χ0) is 14.0. The van der Waals surface area contributed by atoms with Crippen LogP contribution in [0.2, 0.25) is 0 Å². The van der Waals surface area contributed by atoms with Crippen LogP contribution in [0.1, 0.15) is 11.1 Å². The van der Waals surface area contributed by atoms with E-state index in [9.17, 15) is 4.39 Å². The van der Waals surface area contributed by atoms with Crippen molar-refractivity contribution in [1.29, 1.82) is 0 Å². The molecule has 0 fully saturated rings. The zero-order valence-electron chi connectivity index (χ0n) is 10.2. The van der Waals surface area contributed by atoms with Crippen molar-refractivity contribution in [2.45, 2.75) is 6.92 Å². The standard InChI is InChI=1S/C14H12BrFN2S/c1-8-2-4-10(14(17)19)13(6-8)18-12-5-3-9(15)7-11(12)16/h2-7,18H,1H3,(H2,17,19). The molecule has 0 aliphatic rings. The fourth-order valence-electron chi connectivity index (χ4n) is 1.71. The lowest BCUT2D eigenvalue weighted by Gasteiger charge is -2.13. The fraction of sp³-hybridized carbons (Fsp3) is 0.0714. The number of thiocarbonyl (C=S) groups is 1. The molecule has 0 bridgehead atoms. The molecule has 0 amide bonds. The molecule has 0 atom stereocenters. The van der Waals surface area contributed by atoms with Gasteiger partial charge in [0, 0.05) is 15.7 Å². The summed E-state index contributed by atoms with van der Waals surface area (Å²) in [6, 6.07) is 10.5. The van der Waals surface area contributed by atoms with Crippen LogP contribution in [0.15, 0.2) is 40.9 Å². The van der Waals surface area contributed by atoms with Gasteiger partial charge in [-0.2, -0.15) is 0 Å². The molecule has 98 valence electrons. The quantitative estimate of drug-likeness (QED) is 0.820. The average Bonchev–Trinajstić information content (AvgIpc) is 2.32. The highest BCUT2D eigenvalue weighted by atomic mass is 79.9. The highest BCUT2D eigenvalue weighted by Gasteiger charge is 2.08. The van der Waals surface area contributed by atoms with E-state index < -0.39 is 0 Å². The number of benzene rings is 2. The van der Waals surface area contributed by atoms with E-state index in [1.165, 1.54) is 6.07 Å². The van der Waals surface area contributed by atoms with Crippen molar-refractivity contribution in [2.75, 3.05) is 5.32 Å². The molecule has 19 heavy (non-hydrogen) atoms. The maximum atomic E-state index is 13.8. The largest absolute Gasteiger partial charge is 0.389 e. The van der Waals surface area contributed by atoms with E-state index in [2.05, 4.69) is 21.2 Å². The van der Waals surface area contributed by atoms with E-state index >= 15 is 0 Å². The van der Waals surface area contributed by atoms with Crippen molar-refractivity contribution < 1.29 is 4.39 Å². The van der Waals surface area contributed by atoms with E-state index in [0.29, 0.717) is 21.4 Å². The molecule has 0 spiro atoms. The third-order valence-electron chi connectivity index (χ3n) is 2.64. The van der Waals surface area contributed by atoms with E-state index in [-0.39, 0.29) is 10.8 Å².